The van der Waals surface area contributed by atoms with Gasteiger partial charge in [0.15, 0.2) is 0 Å². The van der Waals surface area contributed by atoms with Crippen LogP contribution in [0.5, 0.6) is 0 Å². The van der Waals surface area contributed by atoms with Crippen LogP contribution in [0.25, 0.3) is 0 Å². The van der Waals surface area contributed by atoms with Crippen molar-refractivity contribution >= 4 is 0 Å². The third-order valence-corrected chi connectivity index (χ3v) is 8.10. The van der Waals surface area contributed by atoms with Gasteiger partial charge in [0.1, 0.15) is 0 Å². The third-order valence-electron chi connectivity index (χ3n) is 8.10. The maximum atomic E-state index is 14.6. The summed E-state index contributed by atoms with van der Waals surface area (Å²) in [6.45, 7) is 5.92. The van der Waals surface area contributed by atoms with Crippen molar-refractivity contribution in [1.82, 2.24) is 0 Å². The monoisotopic (exact) mass is 478 g/mol. The highest BCUT2D eigenvalue weighted by molar-refractivity contribution is 5.27. The molecule has 0 spiro atoms. The van der Waals surface area contributed by atoms with E-state index in [2.05, 4.69) is 43.9 Å². The highest BCUT2D eigenvalue weighted by atomic mass is 19.3. The molecule has 0 saturated heterocycles. The summed E-state index contributed by atoms with van der Waals surface area (Å²) in [5, 5.41) is 0. The van der Waals surface area contributed by atoms with Crippen LogP contribution in [-0.4, -0.2) is 6.11 Å². The largest absolute Gasteiger partial charge is 0.360 e. The SMILES string of the molecule is C=CC1CCC(c2ccc(CC(F)(F)OCc3ccc(C4CCC(/C=C/C)CC4)cc3)cc2)CC1. The van der Waals surface area contributed by atoms with Crippen molar-refractivity contribution in [2.45, 2.75) is 89.3 Å². The first-order valence-corrected chi connectivity index (χ1v) is 13.4. The fourth-order valence-electron chi connectivity index (χ4n) is 5.88. The Bertz CT molecular complexity index is 944. The van der Waals surface area contributed by atoms with Gasteiger partial charge in [-0.05, 0) is 104 Å². The molecule has 0 aromatic heterocycles. The van der Waals surface area contributed by atoms with E-state index in [1.165, 1.54) is 49.7 Å². The molecule has 2 aromatic rings. The highest BCUT2D eigenvalue weighted by Crippen LogP contribution is 2.37. The van der Waals surface area contributed by atoms with Crippen molar-refractivity contribution in [2.75, 3.05) is 0 Å². The minimum Gasteiger partial charge on any atom is -0.315 e. The Morgan fingerprint density at radius 3 is 1.74 bits per heavy atom. The van der Waals surface area contributed by atoms with Gasteiger partial charge in [-0.3, -0.25) is 0 Å². The van der Waals surface area contributed by atoms with E-state index < -0.39 is 12.5 Å². The summed E-state index contributed by atoms with van der Waals surface area (Å²) in [6, 6.07) is 15.8. The Hall–Kier alpha value is -2.26. The molecule has 2 saturated carbocycles. The van der Waals surface area contributed by atoms with E-state index in [0.717, 1.165) is 18.4 Å². The predicted molar refractivity (Wildman–Crippen MR) is 141 cm³/mol. The molecule has 2 aliphatic rings. The van der Waals surface area contributed by atoms with Gasteiger partial charge in [0, 0.05) is 0 Å². The summed E-state index contributed by atoms with van der Waals surface area (Å²) in [4.78, 5) is 0. The summed E-state index contributed by atoms with van der Waals surface area (Å²) >= 11 is 0. The van der Waals surface area contributed by atoms with Crippen LogP contribution in [0.4, 0.5) is 8.78 Å². The lowest BCUT2D eigenvalue weighted by atomic mass is 9.78. The molecular weight excluding hydrogens is 438 g/mol. The number of hydrogen-bond donors (Lipinski definition) is 0. The lowest BCUT2D eigenvalue weighted by Crippen LogP contribution is -2.23. The fraction of sp³-hybridized carbons (Fsp3) is 0.500. The van der Waals surface area contributed by atoms with E-state index in [9.17, 15) is 8.78 Å². The van der Waals surface area contributed by atoms with Gasteiger partial charge in [0.05, 0.1) is 13.0 Å². The molecule has 3 heteroatoms. The van der Waals surface area contributed by atoms with Crippen molar-refractivity contribution < 1.29 is 13.5 Å². The lowest BCUT2D eigenvalue weighted by molar-refractivity contribution is -0.244. The molecule has 0 N–H and O–H groups in total. The zero-order chi connectivity index (χ0) is 24.7. The molecule has 4 rings (SSSR count). The number of allylic oxidation sites excluding steroid dienone is 3. The number of alkyl halides is 2. The second kappa shape index (κ2) is 12.1. The van der Waals surface area contributed by atoms with Gasteiger partial charge in [-0.1, -0.05) is 66.8 Å². The molecule has 0 radical (unpaired) electrons. The summed E-state index contributed by atoms with van der Waals surface area (Å²) < 4.78 is 34.2. The molecule has 0 unspecified atom stereocenters. The van der Waals surface area contributed by atoms with Crippen LogP contribution >= 0.6 is 0 Å². The lowest BCUT2D eigenvalue weighted by Gasteiger charge is -2.27. The van der Waals surface area contributed by atoms with E-state index in [-0.39, 0.29) is 6.61 Å². The Labute approximate surface area is 210 Å². The van der Waals surface area contributed by atoms with Gasteiger partial charge < -0.3 is 4.74 Å². The van der Waals surface area contributed by atoms with Crippen LogP contribution in [0, 0.1) is 11.8 Å². The van der Waals surface area contributed by atoms with Crippen molar-refractivity contribution in [2.24, 2.45) is 11.8 Å². The Kier molecular flexibility index (Phi) is 8.94. The molecule has 0 heterocycles. The Balaban J connectivity index is 1.24. The van der Waals surface area contributed by atoms with Crippen LogP contribution in [0.1, 0.15) is 92.4 Å². The summed E-state index contributed by atoms with van der Waals surface area (Å²) in [5.41, 5.74) is 3.98. The molecule has 35 heavy (non-hydrogen) atoms. The molecule has 0 aliphatic heterocycles. The standard InChI is InChI=1S/C32H40F2O/c1-3-5-25-8-16-29(17-9-25)31-20-12-27(13-21-31)23-35-32(33,34)22-26-10-18-30(19-11-26)28-14-6-24(4-2)7-15-28/h3-5,10-13,18-21,24-25,28-29H,2,6-9,14-17,22-23H2,1H3/b5-3+. The number of rotatable bonds is 9. The maximum absolute atomic E-state index is 14.6. The van der Waals surface area contributed by atoms with Gasteiger partial charge in [-0.2, -0.15) is 8.78 Å². The van der Waals surface area contributed by atoms with Crippen LogP contribution in [-0.2, 0) is 17.8 Å². The first kappa shape index (κ1) is 25.8. The van der Waals surface area contributed by atoms with E-state index >= 15 is 0 Å². The number of hydrogen-bond acceptors (Lipinski definition) is 1. The molecule has 1 nitrogen and oxygen atoms in total. The number of ether oxygens (including phenoxy) is 1. The first-order valence-electron chi connectivity index (χ1n) is 13.4. The zero-order valence-corrected chi connectivity index (χ0v) is 21.1. The summed E-state index contributed by atoms with van der Waals surface area (Å²) in [7, 11) is 0. The van der Waals surface area contributed by atoms with Crippen LogP contribution in [0.15, 0.2) is 73.3 Å². The molecule has 188 valence electrons. The quantitative estimate of drug-likeness (QED) is 0.326. The molecule has 2 aromatic carbocycles. The second-order valence-electron chi connectivity index (χ2n) is 10.6. The molecule has 0 bridgehead atoms. The van der Waals surface area contributed by atoms with E-state index in [0.29, 0.717) is 29.2 Å². The van der Waals surface area contributed by atoms with Crippen molar-refractivity contribution in [3.05, 3.63) is 95.6 Å². The molecule has 2 fully saturated rings. The van der Waals surface area contributed by atoms with Gasteiger partial charge >= 0.3 is 6.11 Å². The fourth-order valence-corrected chi connectivity index (χ4v) is 5.88. The minimum atomic E-state index is -3.19. The highest BCUT2D eigenvalue weighted by Gasteiger charge is 2.31. The van der Waals surface area contributed by atoms with Gasteiger partial charge in [-0.15, -0.1) is 6.58 Å². The molecule has 0 atom stereocenters. The molecular formula is C32H40F2O. The Morgan fingerprint density at radius 1 is 0.771 bits per heavy atom. The number of benzene rings is 2. The van der Waals surface area contributed by atoms with E-state index in [1.54, 1.807) is 0 Å². The van der Waals surface area contributed by atoms with E-state index in [4.69, 9.17) is 4.74 Å². The van der Waals surface area contributed by atoms with Gasteiger partial charge in [0.2, 0.25) is 0 Å². The van der Waals surface area contributed by atoms with E-state index in [1.807, 2.05) is 36.4 Å². The van der Waals surface area contributed by atoms with Gasteiger partial charge in [-0.25, -0.2) is 0 Å². The minimum absolute atomic E-state index is 0.0774. The predicted octanol–water partition coefficient (Wildman–Crippen LogP) is 9.35. The van der Waals surface area contributed by atoms with Crippen molar-refractivity contribution in [3.8, 4) is 0 Å². The molecule has 2 aliphatic carbocycles. The average Bonchev–Trinajstić information content (AvgIpc) is 2.89. The zero-order valence-electron chi connectivity index (χ0n) is 21.1. The summed E-state index contributed by atoms with van der Waals surface area (Å²) in [6.07, 6.45) is 12.4. The first-order chi connectivity index (χ1) is 17.0. The van der Waals surface area contributed by atoms with Crippen LogP contribution < -0.4 is 0 Å². The maximum Gasteiger partial charge on any atom is 0.360 e. The topological polar surface area (TPSA) is 9.23 Å². The number of halogens is 2. The Morgan fingerprint density at radius 2 is 1.26 bits per heavy atom. The van der Waals surface area contributed by atoms with Gasteiger partial charge in [0.25, 0.3) is 0 Å². The smallest absolute Gasteiger partial charge is 0.315 e. The molecule has 0 amide bonds. The van der Waals surface area contributed by atoms with Crippen molar-refractivity contribution in [1.29, 1.82) is 0 Å². The van der Waals surface area contributed by atoms with Crippen LogP contribution in [0.3, 0.4) is 0 Å². The van der Waals surface area contributed by atoms with Crippen molar-refractivity contribution in [3.63, 3.8) is 0 Å². The third kappa shape index (κ3) is 7.36. The van der Waals surface area contributed by atoms with Crippen LogP contribution in [0.2, 0.25) is 0 Å². The second-order valence-corrected chi connectivity index (χ2v) is 10.6. The average molecular weight is 479 g/mol. The normalized spacial score (nSPS) is 25.6. The summed E-state index contributed by atoms with van der Waals surface area (Å²) in [5.74, 6) is 2.44.